The van der Waals surface area contributed by atoms with Crippen LogP contribution in [0.25, 0.3) is 22.0 Å². The standard InChI is InChI=1S/C21H17N3O4S/c1-27-20(26)12-3-4-15-13(8-12)14-10-24(7-6-16(14)22-15)19(25)11-2-5-17-18(9-11)28-21(29)23-17/h2-5,8-9,22H,6-7,10H2,1H3,(H,23,29). The summed E-state index contributed by atoms with van der Waals surface area (Å²) in [4.78, 5) is 33.4. The second-order valence-corrected chi connectivity index (χ2v) is 7.41. The first kappa shape index (κ1) is 17.7. The molecular formula is C21H17N3O4S. The molecule has 2 aromatic heterocycles. The number of oxazole rings is 1. The quantitative estimate of drug-likeness (QED) is 0.388. The highest BCUT2D eigenvalue weighted by Crippen LogP contribution is 2.30. The highest BCUT2D eigenvalue weighted by Gasteiger charge is 2.25. The lowest BCUT2D eigenvalue weighted by atomic mass is 10.0. The Morgan fingerprint density at radius 3 is 2.72 bits per heavy atom. The predicted octanol–water partition coefficient (Wildman–Crippen LogP) is 3.96. The lowest BCUT2D eigenvalue weighted by molar-refractivity contribution is 0.0600. The summed E-state index contributed by atoms with van der Waals surface area (Å²) >= 11 is 5.01. The molecule has 3 heterocycles. The van der Waals surface area contributed by atoms with Crippen molar-refractivity contribution in [2.24, 2.45) is 0 Å². The smallest absolute Gasteiger partial charge is 0.337 e. The number of fused-ring (bicyclic) bond motifs is 4. The summed E-state index contributed by atoms with van der Waals surface area (Å²) in [5.41, 5.74) is 5.44. The van der Waals surface area contributed by atoms with Crippen molar-refractivity contribution in [3.8, 4) is 0 Å². The number of carbonyl (C=O) groups is 2. The molecule has 5 rings (SSSR count). The topological polar surface area (TPSA) is 91.3 Å². The Bertz CT molecular complexity index is 1350. The van der Waals surface area contributed by atoms with Crippen LogP contribution in [-0.2, 0) is 17.7 Å². The van der Waals surface area contributed by atoms with Crippen molar-refractivity contribution in [2.75, 3.05) is 13.7 Å². The van der Waals surface area contributed by atoms with E-state index in [-0.39, 0.29) is 16.7 Å². The Hall–Kier alpha value is -3.39. The molecule has 146 valence electrons. The summed E-state index contributed by atoms with van der Waals surface area (Å²) in [6.07, 6.45) is 0.719. The fourth-order valence-corrected chi connectivity index (χ4v) is 4.09. The second-order valence-electron chi connectivity index (χ2n) is 7.04. The number of hydrogen-bond donors (Lipinski definition) is 2. The fraction of sp³-hybridized carbons (Fsp3) is 0.190. The molecule has 0 atom stereocenters. The molecule has 0 aliphatic carbocycles. The fourth-order valence-electron chi connectivity index (χ4n) is 3.89. The molecule has 7 nitrogen and oxygen atoms in total. The summed E-state index contributed by atoms with van der Waals surface area (Å²) in [5, 5.41) is 0.937. The first-order chi connectivity index (χ1) is 14.0. The van der Waals surface area contributed by atoms with Crippen molar-refractivity contribution in [1.82, 2.24) is 14.9 Å². The molecular weight excluding hydrogens is 390 g/mol. The minimum Gasteiger partial charge on any atom is -0.465 e. The van der Waals surface area contributed by atoms with Gasteiger partial charge in [0.05, 0.1) is 18.2 Å². The molecule has 1 aliphatic heterocycles. The number of aromatic nitrogens is 2. The van der Waals surface area contributed by atoms with E-state index >= 15 is 0 Å². The number of carbonyl (C=O) groups excluding carboxylic acids is 2. The van der Waals surface area contributed by atoms with Gasteiger partial charge in [-0.2, -0.15) is 0 Å². The van der Waals surface area contributed by atoms with Gasteiger partial charge in [-0.15, -0.1) is 0 Å². The van der Waals surface area contributed by atoms with Gasteiger partial charge in [-0.1, -0.05) is 0 Å². The number of ether oxygens (including phenoxy) is 1. The van der Waals surface area contributed by atoms with Crippen LogP contribution >= 0.6 is 12.2 Å². The highest BCUT2D eigenvalue weighted by atomic mass is 32.1. The zero-order valence-electron chi connectivity index (χ0n) is 15.6. The van der Waals surface area contributed by atoms with Crippen LogP contribution < -0.4 is 0 Å². The van der Waals surface area contributed by atoms with Crippen molar-refractivity contribution in [2.45, 2.75) is 13.0 Å². The first-order valence-corrected chi connectivity index (χ1v) is 9.58. The molecule has 0 radical (unpaired) electrons. The van der Waals surface area contributed by atoms with E-state index in [4.69, 9.17) is 21.4 Å². The molecule has 0 saturated heterocycles. The molecule has 2 N–H and O–H groups in total. The van der Waals surface area contributed by atoms with E-state index < -0.39 is 0 Å². The SMILES string of the molecule is COC(=O)c1ccc2[nH]c3c(c2c1)CN(C(=O)c1ccc2[nH]c(=S)oc2c1)CC3. The van der Waals surface area contributed by atoms with E-state index in [1.54, 1.807) is 24.3 Å². The van der Waals surface area contributed by atoms with E-state index in [2.05, 4.69) is 9.97 Å². The van der Waals surface area contributed by atoms with Gasteiger partial charge in [0.25, 0.3) is 10.7 Å². The van der Waals surface area contributed by atoms with Gasteiger partial charge in [0.1, 0.15) is 0 Å². The molecule has 4 aromatic rings. The Morgan fingerprint density at radius 1 is 1.10 bits per heavy atom. The molecule has 1 aliphatic rings. The summed E-state index contributed by atoms with van der Waals surface area (Å²) in [5.74, 6) is -0.450. The van der Waals surface area contributed by atoms with Crippen molar-refractivity contribution >= 4 is 46.1 Å². The first-order valence-electron chi connectivity index (χ1n) is 9.17. The summed E-state index contributed by atoms with van der Waals surface area (Å²) in [7, 11) is 1.36. The Labute approximate surface area is 170 Å². The van der Waals surface area contributed by atoms with Crippen LogP contribution in [0.1, 0.15) is 32.0 Å². The largest absolute Gasteiger partial charge is 0.465 e. The number of hydrogen-bond acceptors (Lipinski definition) is 5. The molecule has 0 saturated carbocycles. The van der Waals surface area contributed by atoms with Gasteiger partial charge in [-0.25, -0.2) is 4.79 Å². The van der Waals surface area contributed by atoms with E-state index in [1.807, 2.05) is 17.0 Å². The van der Waals surface area contributed by atoms with Gasteiger partial charge in [-0.05, 0) is 48.6 Å². The molecule has 29 heavy (non-hydrogen) atoms. The predicted molar refractivity (Wildman–Crippen MR) is 109 cm³/mol. The van der Waals surface area contributed by atoms with Gasteiger partial charge < -0.3 is 24.0 Å². The minimum atomic E-state index is -0.379. The average Bonchev–Trinajstić information content (AvgIpc) is 3.30. The minimum absolute atomic E-state index is 0.0710. The van der Waals surface area contributed by atoms with Crippen LogP contribution in [-0.4, -0.2) is 40.4 Å². The third-order valence-electron chi connectivity index (χ3n) is 5.35. The zero-order valence-corrected chi connectivity index (χ0v) is 16.4. The van der Waals surface area contributed by atoms with Crippen LogP contribution in [0.3, 0.4) is 0 Å². The number of benzene rings is 2. The zero-order chi connectivity index (χ0) is 20.1. The van der Waals surface area contributed by atoms with Gasteiger partial charge in [0.2, 0.25) is 0 Å². The van der Waals surface area contributed by atoms with E-state index in [1.165, 1.54) is 7.11 Å². The normalized spacial score (nSPS) is 13.6. The molecule has 0 bridgehead atoms. The van der Waals surface area contributed by atoms with Gasteiger partial charge in [0, 0.05) is 47.2 Å². The van der Waals surface area contributed by atoms with Gasteiger partial charge >= 0.3 is 5.97 Å². The molecule has 0 unspecified atom stereocenters. The van der Waals surface area contributed by atoms with Crippen molar-refractivity contribution in [1.29, 1.82) is 0 Å². The lowest BCUT2D eigenvalue weighted by Gasteiger charge is -2.27. The maximum Gasteiger partial charge on any atom is 0.337 e. The number of nitrogens with one attached hydrogen (secondary N) is 2. The molecule has 1 amide bonds. The summed E-state index contributed by atoms with van der Waals surface area (Å²) < 4.78 is 10.3. The van der Waals surface area contributed by atoms with Crippen LogP contribution in [0.4, 0.5) is 0 Å². The van der Waals surface area contributed by atoms with Crippen LogP contribution in [0.5, 0.6) is 0 Å². The van der Waals surface area contributed by atoms with Crippen molar-refractivity contribution in [3.05, 3.63) is 63.6 Å². The molecule has 0 fully saturated rings. The Kier molecular flexibility index (Phi) is 4.02. The molecule has 0 spiro atoms. The number of rotatable bonds is 2. The Morgan fingerprint density at radius 2 is 1.90 bits per heavy atom. The number of H-pyrrole nitrogens is 2. The third-order valence-corrected chi connectivity index (χ3v) is 5.54. The van der Waals surface area contributed by atoms with Crippen LogP contribution in [0.2, 0.25) is 0 Å². The number of amides is 1. The van der Waals surface area contributed by atoms with Crippen molar-refractivity contribution in [3.63, 3.8) is 0 Å². The van der Waals surface area contributed by atoms with Crippen LogP contribution in [0.15, 0.2) is 40.8 Å². The molecule has 8 heteroatoms. The Balaban J connectivity index is 1.49. The van der Waals surface area contributed by atoms with Crippen LogP contribution in [0, 0.1) is 4.84 Å². The maximum absolute atomic E-state index is 13.1. The van der Waals surface area contributed by atoms with E-state index in [0.29, 0.717) is 29.8 Å². The average molecular weight is 407 g/mol. The summed E-state index contributed by atoms with van der Waals surface area (Å²) in [6, 6.07) is 10.7. The number of aromatic amines is 2. The van der Waals surface area contributed by atoms with Gasteiger partial charge in [-0.3, -0.25) is 4.79 Å². The second kappa shape index (κ2) is 6.59. The number of esters is 1. The summed E-state index contributed by atoms with van der Waals surface area (Å²) in [6.45, 7) is 1.07. The van der Waals surface area contributed by atoms with E-state index in [9.17, 15) is 9.59 Å². The van der Waals surface area contributed by atoms with E-state index in [0.717, 1.165) is 34.1 Å². The van der Waals surface area contributed by atoms with Crippen molar-refractivity contribution < 1.29 is 18.7 Å². The van der Waals surface area contributed by atoms with Gasteiger partial charge in [0.15, 0.2) is 5.58 Å². The monoisotopic (exact) mass is 407 g/mol. The highest BCUT2D eigenvalue weighted by molar-refractivity contribution is 7.71. The molecule has 2 aromatic carbocycles. The number of methoxy groups -OCH3 is 1. The number of nitrogens with zero attached hydrogens (tertiary/aromatic N) is 1. The third kappa shape index (κ3) is 2.92. The maximum atomic E-state index is 13.1. The lowest BCUT2D eigenvalue weighted by Crippen LogP contribution is -2.35.